The monoisotopic (exact) mass is 200 g/mol. The van der Waals surface area contributed by atoms with Gasteiger partial charge < -0.3 is 0 Å². The molecule has 0 aromatic rings. The summed E-state index contributed by atoms with van der Waals surface area (Å²) in [5.74, 6) is 5.36. The van der Waals surface area contributed by atoms with Gasteiger partial charge in [0.05, 0.1) is 0 Å². The molecular formula is C14H32. The molecule has 0 aliphatic rings. The van der Waals surface area contributed by atoms with Crippen molar-refractivity contribution in [1.82, 2.24) is 0 Å². The Hall–Kier alpha value is -0.440. The molecule has 0 aliphatic carbocycles. The first-order chi connectivity index (χ1) is 6.47. The smallest absolute Gasteiger partial charge is 0.00271 e. The van der Waals surface area contributed by atoms with E-state index < -0.39 is 0 Å². The quantitative estimate of drug-likeness (QED) is 0.451. The fourth-order valence-corrected chi connectivity index (χ4v) is 0. The van der Waals surface area contributed by atoms with Gasteiger partial charge in [0.25, 0.3) is 0 Å². The van der Waals surface area contributed by atoms with E-state index in [1.165, 1.54) is 6.42 Å². The maximum atomic E-state index is 2.68. The van der Waals surface area contributed by atoms with Crippen LogP contribution >= 0.6 is 0 Å². The Bertz CT molecular complexity index is 98.2. The molecule has 0 aliphatic heterocycles. The second-order valence-electron chi connectivity index (χ2n) is 3.41. The highest BCUT2D eigenvalue weighted by molar-refractivity contribution is 4.89. The third-order valence-corrected chi connectivity index (χ3v) is 1.31. The second kappa shape index (κ2) is 22.9. The van der Waals surface area contributed by atoms with Crippen LogP contribution in [-0.4, -0.2) is 0 Å². The van der Waals surface area contributed by atoms with Gasteiger partial charge in [0, 0.05) is 0 Å². The lowest BCUT2D eigenvalue weighted by atomic mass is 9.94. The molecular weight excluding hydrogens is 168 g/mol. The standard InChI is InChI=1S/C6H14.C4H6.2C2H6/c1-5-6(2,3)4;1-3-4-2;2*1-2/h5H2,1-4H3;1-2H3;2*1-2H3. The Morgan fingerprint density at radius 2 is 0.929 bits per heavy atom. The Balaban J connectivity index is -0.0000000546. The predicted molar refractivity (Wildman–Crippen MR) is 71.6 cm³/mol. The van der Waals surface area contributed by atoms with E-state index in [0.29, 0.717) is 5.41 Å². The van der Waals surface area contributed by atoms with Crippen LogP contribution in [0, 0.1) is 17.3 Å². The van der Waals surface area contributed by atoms with E-state index in [9.17, 15) is 0 Å². The van der Waals surface area contributed by atoms with E-state index in [1.54, 1.807) is 0 Å². The highest BCUT2D eigenvalue weighted by Crippen LogP contribution is 2.16. The maximum absolute atomic E-state index is 2.68. The zero-order valence-electron chi connectivity index (χ0n) is 12.2. The van der Waals surface area contributed by atoms with Gasteiger partial charge in [-0.25, -0.2) is 0 Å². The molecule has 0 nitrogen and oxygen atoms in total. The molecule has 14 heavy (non-hydrogen) atoms. The average molecular weight is 200 g/mol. The highest BCUT2D eigenvalue weighted by atomic mass is 14.1. The molecule has 0 radical (unpaired) electrons. The van der Waals surface area contributed by atoms with Crippen LogP contribution in [0.4, 0.5) is 0 Å². The van der Waals surface area contributed by atoms with Crippen molar-refractivity contribution in [3.05, 3.63) is 0 Å². The normalized spacial score (nSPS) is 7.00. The summed E-state index contributed by atoms with van der Waals surface area (Å²) in [7, 11) is 0. The van der Waals surface area contributed by atoms with Gasteiger partial charge >= 0.3 is 0 Å². The first-order valence-electron chi connectivity index (χ1n) is 5.81. The third-order valence-electron chi connectivity index (χ3n) is 1.31. The molecule has 0 heterocycles. The lowest BCUT2D eigenvalue weighted by Gasteiger charge is -2.12. The summed E-state index contributed by atoms with van der Waals surface area (Å²) in [5.41, 5.74) is 0.542. The predicted octanol–water partition coefficient (Wildman–Crippen LogP) is 5.52. The number of hydrogen-bond donors (Lipinski definition) is 0. The fourth-order valence-electron chi connectivity index (χ4n) is 0. The minimum atomic E-state index is 0.542. The molecule has 0 bridgehead atoms. The van der Waals surface area contributed by atoms with Gasteiger partial charge in [0.15, 0.2) is 0 Å². The van der Waals surface area contributed by atoms with Crippen molar-refractivity contribution in [2.45, 2.75) is 75.7 Å². The van der Waals surface area contributed by atoms with E-state index in [0.717, 1.165) is 0 Å². The van der Waals surface area contributed by atoms with Crippen molar-refractivity contribution in [3.63, 3.8) is 0 Å². The first-order valence-corrected chi connectivity index (χ1v) is 5.81. The van der Waals surface area contributed by atoms with Crippen molar-refractivity contribution in [1.29, 1.82) is 0 Å². The molecule has 0 rings (SSSR count). The molecule has 0 atom stereocenters. The highest BCUT2D eigenvalue weighted by Gasteiger charge is 2.03. The molecule has 0 saturated heterocycles. The summed E-state index contributed by atoms with van der Waals surface area (Å²) in [6.07, 6.45) is 1.27. The van der Waals surface area contributed by atoms with Gasteiger partial charge in [-0.15, -0.1) is 11.8 Å². The molecule has 0 N–H and O–H groups in total. The minimum Gasteiger partial charge on any atom is -0.107 e. The summed E-state index contributed by atoms with van der Waals surface area (Å²) in [5, 5.41) is 0. The van der Waals surface area contributed by atoms with Gasteiger partial charge in [-0.2, -0.15) is 0 Å². The van der Waals surface area contributed by atoms with Crippen molar-refractivity contribution >= 4 is 0 Å². The molecule has 0 aromatic carbocycles. The van der Waals surface area contributed by atoms with Crippen LogP contribution in [0.25, 0.3) is 0 Å². The van der Waals surface area contributed by atoms with Gasteiger partial charge in [-0.05, 0) is 19.3 Å². The van der Waals surface area contributed by atoms with Crippen LogP contribution in [0.1, 0.15) is 75.7 Å². The van der Waals surface area contributed by atoms with Crippen LogP contribution in [0.5, 0.6) is 0 Å². The average Bonchev–Trinajstić information content (AvgIpc) is 2.23. The lowest BCUT2D eigenvalue weighted by Crippen LogP contribution is -2.00. The third kappa shape index (κ3) is 102. The molecule has 0 unspecified atom stereocenters. The van der Waals surface area contributed by atoms with Crippen molar-refractivity contribution in [2.24, 2.45) is 5.41 Å². The van der Waals surface area contributed by atoms with Crippen molar-refractivity contribution < 1.29 is 0 Å². The van der Waals surface area contributed by atoms with Gasteiger partial charge in [-0.3, -0.25) is 0 Å². The molecule has 0 spiro atoms. The van der Waals surface area contributed by atoms with Gasteiger partial charge in [0.2, 0.25) is 0 Å². The Labute approximate surface area is 93.5 Å². The van der Waals surface area contributed by atoms with Crippen LogP contribution in [0.2, 0.25) is 0 Å². The zero-order chi connectivity index (χ0) is 12.6. The minimum absolute atomic E-state index is 0.542. The molecule has 0 saturated carbocycles. The topological polar surface area (TPSA) is 0 Å². The van der Waals surface area contributed by atoms with Gasteiger partial charge in [0.1, 0.15) is 0 Å². The summed E-state index contributed by atoms with van der Waals surface area (Å²) >= 11 is 0. The summed E-state index contributed by atoms with van der Waals surface area (Å²) in [6, 6.07) is 0. The van der Waals surface area contributed by atoms with E-state index in [1.807, 2.05) is 41.5 Å². The molecule has 0 amide bonds. The van der Waals surface area contributed by atoms with Crippen LogP contribution < -0.4 is 0 Å². The van der Waals surface area contributed by atoms with Crippen LogP contribution in [0.3, 0.4) is 0 Å². The summed E-state index contributed by atoms with van der Waals surface area (Å²) in [4.78, 5) is 0. The maximum Gasteiger partial charge on any atom is -0.00271 e. The van der Waals surface area contributed by atoms with E-state index in [-0.39, 0.29) is 0 Å². The number of hydrogen-bond acceptors (Lipinski definition) is 0. The van der Waals surface area contributed by atoms with Gasteiger partial charge in [-0.1, -0.05) is 61.8 Å². The molecule has 88 valence electrons. The Morgan fingerprint density at radius 3 is 0.929 bits per heavy atom. The molecule has 0 heteroatoms. The van der Waals surface area contributed by atoms with E-state index >= 15 is 0 Å². The largest absolute Gasteiger partial charge is 0.107 e. The number of rotatable bonds is 0. The van der Waals surface area contributed by atoms with Crippen LogP contribution in [0.15, 0.2) is 0 Å². The van der Waals surface area contributed by atoms with Crippen molar-refractivity contribution in [2.75, 3.05) is 0 Å². The van der Waals surface area contributed by atoms with E-state index in [2.05, 4.69) is 39.5 Å². The zero-order valence-corrected chi connectivity index (χ0v) is 12.2. The fraction of sp³-hybridized carbons (Fsp3) is 0.857. The Morgan fingerprint density at radius 1 is 0.786 bits per heavy atom. The SMILES string of the molecule is CC.CC.CC#CC.CCC(C)(C)C. The summed E-state index contributed by atoms with van der Waals surface area (Å²) < 4.78 is 0. The first kappa shape index (κ1) is 23.4. The second-order valence-corrected chi connectivity index (χ2v) is 3.41. The molecule has 0 fully saturated rings. The Kier molecular flexibility index (Phi) is 38.3. The summed E-state index contributed by atoms with van der Waals surface area (Å²) in [6.45, 7) is 20.6. The van der Waals surface area contributed by atoms with Crippen LogP contribution in [-0.2, 0) is 0 Å². The lowest BCUT2D eigenvalue weighted by molar-refractivity contribution is 0.398. The van der Waals surface area contributed by atoms with Crippen molar-refractivity contribution in [3.8, 4) is 11.8 Å². The molecule has 0 aromatic heterocycles. The van der Waals surface area contributed by atoms with E-state index in [4.69, 9.17) is 0 Å².